The molecule has 5 rings (SSSR count). The highest BCUT2D eigenvalue weighted by molar-refractivity contribution is 5.99. The number of hydrogen-bond acceptors (Lipinski definition) is 4. The molecule has 8 heteroatoms. The van der Waals surface area contributed by atoms with Crippen LogP contribution in [0.5, 0.6) is 0 Å². The molecule has 1 saturated heterocycles. The summed E-state index contributed by atoms with van der Waals surface area (Å²) in [6, 6.07) is 21.4. The Hall–Kier alpha value is -3.07. The molecule has 4 nitrogen and oxygen atoms in total. The molecule has 2 atom stereocenters. The van der Waals surface area contributed by atoms with E-state index >= 15 is 4.39 Å². The van der Waals surface area contributed by atoms with Gasteiger partial charge in [0.25, 0.3) is 0 Å². The summed E-state index contributed by atoms with van der Waals surface area (Å²) in [4.78, 5) is 17.2. The fraction of sp³-hybridized carbons (Fsp3) is 0.387. The van der Waals surface area contributed by atoms with Crippen molar-refractivity contribution < 1.29 is 27.5 Å². The predicted molar refractivity (Wildman–Crippen MR) is 141 cm³/mol. The molecule has 1 N–H and O–H groups in total. The first-order chi connectivity index (χ1) is 18.6. The summed E-state index contributed by atoms with van der Waals surface area (Å²) >= 11 is 0. The van der Waals surface area contributed by atoms with Crippen LogP contribution in [0.2, 0.25) is 0 Å². The number of hydrogen-bond donors (Lipinski definition) is 1. The molecule has 2 heterocycles. The van der Waals surface area contributed by atoms with E-state index in [1.165, 1.54) is 17.7 Å². The monoisotopic (exact) mass is 540 g/mol. The Labute approximate surface area is 225 Å². The molecular weight excluding hydrogens is 508 g/mol. The number of fused-ring (bicyclic) bond motifs is 1. The zero-order valence-electron chi connectivity index (χ0n) is 21.6. The minimum absolute atomic E-state index is 0.0299. The van der Waals surface area contributed by atoms with Crippen molar-refractivity contribution in [3.63, 3.8) is 0 Å². The van der Waals surface area contributed by atoms with Gasteiger partial charge in [-0.15, -0.1) is 0 Å². The number of carbonyl (C=O) groups excluding carboxylic acids is 1. The molecule has 2 aliphatic heterocycles. The number of Topliss-reactive ketones (excluding diaryl/α,β-unsaturated/α-hetero) is 1. The second-order valence-corrected chi connectivity index (χ2v) is 10.5. The molecule has 2 unspecified atom stereocenters. The van der Waals surface area contributed by atoms with E-state index in [0.717, 1.165) is 24.1 Å². The maximum absolute atomic E-state index is 15.6. The van der Waals surface area contributed by atoms with Crippen LogP contribution in [-0.2, 0) is 24.7 Å². The van der Waals surface area contributed by atoms with E-state index in [4.69, 9.17) is 0 Å². The molecule has 3 aromatic rings. The van der Waals surface area contributed by atoms with Crippen LogP contribution >= 0.6 is 0 Å². The summed E-state index contributed by atoms with van der Waals surface area (Å²) in [5.74, 6) is -0.560. The Kier molecular flexibility index (Phi) is 7.89. The highest BCUT2D eigenvalue weighted by atomic mass is 19.4. The van der Waals surface area contributed by atoms with Crippen molar-refractivity contribution in [2.45, 2.75) is 56.3 Å². The van der Waals surface area contributed by atoms with E-state index < -0.39 is 35.5 Å². The number of benzene rings is 3. The van der Waals surface area contributed by atoms with Gasteiger partial charge in [-0.2, -0.15) is 13.2 Å². The smallest absolute Gasteiger partial charge is 0.385 e. The number of piperidine rings is 1. The number of likely N-dealkylation sites (tertiary alicyclic amines) is 1. The van der Waals surface area contributed by atoms with E-state index in [1.807, 2.05) is 12.1 Å². The lowest BCUT2D eigenvalue weighted by atomic mass is 9.83. The summed E-state index contributed by atoms with van der Waals surface area (Å²) in [5.41, 5.74) is 0.776. The van der Waals surface area contributed by atoms with Crippen molar-refractivity contribution in [2.24, 2.45) is 0 Å². The minimum Gasteiger partial charge on any atom is -0.385 e. The maximum Gasteiger partial charge on any atom is 0.416 e. The molecule has 0 spiro atoms. The predicted octanol–water partition coefficient (Wildman–Crippen LogP) is 5.98. The molecule has 0 bridgehead atoms. The Balaban J connectivity index is 1.35. The molecule has 39 heavy (non-hydrogen) atoms. The quantitative estimate of drug-likeness (QED) is 0.296. The Morgan fingerprint density at radius 3 is 2.23 bits per heavy atom. The van der Waals surface area contributed by atoms with E-state index in [9.17, 15) is 23.1 Å². The van der Waals surface area contributed by atoms with Gasteiger partial charge in [-0.05, 0) is 48.1 Å². The summed E-state index contributed by atoms with van der Waals surface area (Å²) in [6.45, 7) is 2.04. The van der Waals surface area contributed by atoms with Crippen molar-refractivity contribution in [3.05, 3.63) is 107 Å². The standard InChI is InChI=1S/C31H32F4N2O2/c32-27(29(38)23-8-2-1-3-9-23)20-28(37-16-13-22-7-4-5-10-24(22)21-37)36-17-14-30(39,15-18-36)25-11-6-12-26(19-25)31(33,34)35/h1-12,19,27-28,39H,13-18,20-21H2. The second kappa shape index (κ2) is 11.2. The van der Waals surface area contributed by atoms with Gasteiger partial charge in [0.15, 0.2) is 12.0 Å². The molecular formula is C31H32F4N2O2. The molecule has 1 fully saturated rings. The van der Waals surface area contributed by atoms with Gasteiger partial charge in [0.2, 0.25) is 0 Å². The van der Waals surface area contributed by atoms with Crippen LogP contribution in [0.15, 0.2) is 78.9 Å². The third kappa shape index (κ3) is 6.08. The van der Waals surface area contributed by atoms with Gasteiger partial charge in [-0.1, -0.05) is 66.7 Å². The van der Waals surface area contributed by atoms with Crippen LogP contribution in [0.1, 0.15) is 51.9 Å². The van der Waals surface area contributed by atoms with E-state index in [0.29, 0.717) is 31.7 Å². The molecule has 0 radical (unpaired) electrons. The van der Waals surface area contributed by atoms with Gasteiger partial charge in [0.1, 0.15) is 0 Å². The van der Waals surface area contributed by atoms with E-state index in [-0.39, 0.29) is 24.8 Å². The molecule has 2 aliphatic rings. The first-order valence-corrected chi connectivity index (χ1v) is 13.3. The topological polar surface area (TPSA) is 43.8 Å². The third-order valence-electron chi connectivity index (χ3n) is 8.12. The normalized spacial score (nSPS) is 19.7. The van der Waals surface area contributed by atoms with Crippen LogP contribution in [0.3, 0.4) is 0 Å². The van der Waals surface area contributed by atoms with Crippen molar-refractivity contribution in [3.8, 4) is 0 Å². The van der Waals surface area contributed by atoms with Crippen LogP contribution in [0.4, 0.5) is 17.6 Å². The molecule has 0 aliphatic carbocycles. The first kappa shape index (κ1) is 27.5. The van der Waals surface area contributed by atoms with Crippen LogP contribution < -0.4 is 0 Å². The average Bonchev–Trinajstić information content (AvgIpc) is 2.96. The van der Waals surface area contributed by atoms with Crippen LogP contribution in [-0.4, -0.2) is 52.7 Å². The molecule has 0 amide bonds. The lowest BCUT2D eigenvalue weighted by Crippen LogP contribution is -2.55. The van der Waals surface area contributed by atoms with Crippen LogP contribution in [0.25, 0.3) is 0 Å². The zero-order chi connectivity index (χ0) is 27.6. The van der Waals surface area contributed by atoms with Crippen molar-refractivity contribution in [1.82, 2.24) is 9.80 Å². The Bertz CT molecular complexity index is 1290. The lowest BCUT2D eigenvalue weighted by molar-refractivity contribution is -0.137. The second-order valence-electron chi connectivity index (χ2n) is 10.5. The van der Waals surface area contributed by atoms with Gasteiger partial charge in [-0.3, -0.25) is 14.6 Å². The highest BCUT2D eigenvalue weighted by Gasteiger charge is 2.41. The highest BCUT2D eigenvalue weighted by Crippen LogP contribution is 2.38. The molecule has 0 aromatic heterocycles. The fourth-order valence-corrected chi connectivity index (χ4v) is 5.84. The van der Waals surface area contributed by atoms with E-state index in [2.05, 4.69) is 21.9 Å². The van der Waals surface area contributed by atoms with Crippen LogP contribution in [0, 0.1) is 0 Å². The summed E-state index contributed by atoms with van der Waals surface area (Å²) < 4.78 is 55.4. The number of ketones is 1. The largest absolute Gasteiger partial charge is 0.416 e. The summed E-state index contributed by atoms with van der Waals surface area (Å²) in [7, 11) is 0. The number of aliphatic hydroxyl groups is 1. The minimum atomic E-state index is -4.50. The summed E-state index contributed by atoms with van der Waals surface area (Å²) in [6.07, 6.45) is -5.41. The maximum atomic E-state index is 15.6. The van der Waals surface area contributed by atoms with Gasteiger partial charge in [0, 0.05) is 38.2 Å². The number of nitrogens with zero attached hydrogens (tertiary/aromatic N) is 2. The number of alkyl halides is 4. The number of carbonyl (C=O) groups is 1. The zero-order valence-corrected chi connectivity index (χ0v) is 21.6. The van der Waals surface area contributed by atoms with Gasteiger partial charge in [-0.25, -0.2) is 4.39 Å². The Morgan fingerprint density at radius 2 is 1.54 bits per heavy atom. The SMILES string of the molecule is O=C(c1ccccc1)C(F)CC(N1CCC(O)(c2cccc(C(F)(F)F)c2)CC1)N1CCc2ccccc2C1. The molecule has 3 aromatic carbocycles. The van der Waals surface area contributed by atoms with Crippen molar-refractivity contribution in [2.75, 3.05) is 19.6 Å². The lowest BCUT2D eigenvalue weighted by Gasteiger charge is -2.47. The molecule has 0 saturated carbocycles. The average molecular weight is 541 g/mol. The number of halogens is 4. The van der Waals surface area contributed by atoms with E-state index in [1.54, 1.807) is 30.3 Å². The van der Waals surface area contributed by atoms with Gasteiger partial charge >= 0.3 is 6.18 Å². The van der Waals surface area contributed by atoms with Gasteiger partial charge in [0.05, 0.1) is 17.3 Å². The third-order valence-corrected chi connectivity index (χ3v) is 8.12. The van der Waals surface area contributed by atoms with Crippen molar-refractivity contribution in [1.29, 1.82) is 0 Å². The Morgan fingerprint density at radius 1 is 0.872 bits per heavy atom. The van der Waals surface area contributed by atoms with Gasteiger partial charge < -0.3 is 5.11 Å². The first-order valence-electron chi connectivity index (χ1n) is 13.3. The summed E-state index contributed by atoms with van der Waals surface area (Å²) in [5, 5.41) is 11.4. The fourth-order valence-electron chi connectivity index (χ4n) is 5.84. The number of rotatable bonds is 7. The van der Waals surface area contributed by atoms with Crippen molar-refractivity contribution >= 4 is 5.78 Å². The molecule has 206 valence electrons.